The van der Waals surface area contributed by atoms with Crippen molar-refractivity contribution in [1.82, 2.24) is 4.90 Å². The zero-order chi connectivity index (χ0) is 19.7. The van der Waals surface area contributed by atoms with Gasteiger partial charge < -0.3 is 19.7 Å². The molecule has 1 amide bonds. The monoisotopic (exact) mass is 392 g/mol. The van der Waals surface area contributed by atoms with E-state index in [-0.39, 0.29) is 29.9 Å². The van der Waals surface area contributed by atoms with Crippen molar-refractivity contribution in [3.8, 4) is 5.75 Å². The van der Waals surface area contributed by atoms with Gasteiger partial charge in [-0.15, -0.1) is 13.2 Å². The molecule has 2 aliphatic rings. The summed E-state index contributed by atoms with van der Waals surface area (Å²) in [6.45, 7) is 0.903. The fourth-order valence-corrected chi connectivity index (χ4v) is 3.66. The van der Waals surface area contributed by atoms with Gasteiger partial charge in [-0.1, -0.05) is 30.3 Å². The van der Waals surface area contributed by atoms with Gasteiger partial charge in [0.1, 0.15) is 11.9 Å². The third-order valence-corrected chi connectivity index (χ3v) is 4.89. The van der Waals surface area contributed by atoms with Gasteiger partial charge in [-0.05, 0) is 31.0 Å². The number of hydrogen-bond donors (Lipinski definition) is 1. The van der Waals surface area contributed by atoms with Crippen molar-refractivity contribution in [2.75, 3.05) is 18.5 Å². The van der Waals surface area contributed by atoms with Gasteiger partial charge in [0.15, 0.2) is 0 Å². The van der Waals surface area contributed by atoms with E-state index in [4.69, 9.17) is 4.74 Å². The molecule has 5 nitrogen and oxygen atoms in total. The molecule has 2 heterocycles. The van der Waals surface area contributed by atoms with Gasteiger partial charge in [0.05, 0.1) is 11.7 Å². The number of carbonyl (C=O) groups is 1. The number of nitrogens with zero attached hydrogens (tertiary/aromatic N) is 1. The zero-order valence-electron chi connectivity index (χ0n) is 14.9. The maximum Gasteiger partial charge on any atom is 0.573 e. The first-order valence-electron chi connectivity index (χ1n) is 9.05. The summed E-state index contributed by atoms with van der Waals surface area (Å²) in [7, 11) is 0. The van der Waals surface area contributed by atoms with Crippen molar-refractivity contribution >= 4 is 11.6 Å². The highest BCUT2D eigenvalue weighted by Gasteiger charge is 2.38. The highest BCUT2D eigenvalue weighted by atomic mass is 19.4. The number of rotatable bonds is 4. The lowest BCUT2D eigenvalue weighted by atomic mass is 10.0. The van der Waals surface area contributed by atoms with Crippen molar-refractivity contribution in [3.05, 3.63) is 59.7 Å². The van der Waals surface area contributed by atoms with Gasteiger partial charge in [0.2, 0.25) is 0 Å². The predicted octanol–water partition coefficient (Wildman–Crippen LogP) is 4.33. The number of carbonyl (C=O) groups excluding carboxylic acids is 1. The number of halogens is 3. The van der Waals surface area contributed by atoms with E-state index in [0.717, 1.165) is 12.8 Å². The Morgan fingerprint density at radius 1 is 1.14 bits per heavy atom. The molecule has 0 saturated carbocycles. The topological polar surface area (TPSA) is 50.8 Å². The van der Waals surface area contributed by atoms with Gasteiger partial charge in [0.25, 0.3) is 5.91 Å². The Labute approximate surface area is 160 Å². The van der Waals surface area contributed by atoms with Gasteiger partial charge in [-0.2, -0.15) is 0 Å². The molecule has 28 heavy (non-hydrogen) atoms. The third-order valence-electron chi connectivity index (χ3n) is 4.89. The van der Waals surface area contributed by atoms with Crippen molar-refractivity contribution in [1.29, 1.82) is 0 Å². The second-order valence-electron chi connectivity index (χ2n) is 6.77. The van der Waals surface area contributed by atoms with Gasteiger partial charge in [-0.25, -0.2) is 0 Å². The Kier molecular flexibility index (Phi) is 4.89. The first kappa shape index (κ1) is 18.6. The van der Waals surface area contributed by atoms with E-state index in [1.807, 2.05) is 0 Å². The predicted molar refractivity (Wildman–Crippen MR) is 95.9 cm³/mol. The highest BCUT2D eigenvalue weighted by molar-refractivity contribution is 6.01. The summed E-state index contributed by atoms with van der Waals surface area (Å²) in [5, 5.41) is 3.20. The van der Waals surface area contributed by atoms with Crippen LogP contribution in [0.25, 0.3) is 0 Å². The van der Waals surface area contributed by atoms with Crippen LogP contribution in [-0.4, -0.2) is 36.4 Å². The van der Waals surface area contributed by atoms with E-state index in [0.29, 0.717) is 17.9 Å². The number of ether oxygens (including phenoxy) is 2. The van der Waals surface area contributed by atoms with Crippen LogP contribution < -0.4 is 10.1 Å². The van der Waals surface area contributed by atoms with Crippen LogP contribution in [-0.2, 0) is 4.74 Å². The van der Waals surface area contributed by atoms with Crippen molar-refractivity contribution in [3.63, 3.8) is 0 Å². The summed E-state index contributed by atoms with van der Waals surface area (Å²) in [5.41, 5.74) is 1.29. The molecule has 0 radical (unpaired) electrons. The summed E-state index contributed by atoms with van der Waals surface area (Å²) in [4.78, 5) is 14.7. The average molecular weight is 392 g/mol. The first-order valence-corrected chi connectivity index (χ1v) is 9.05. The van der Waals surface area contributed by atoms with E-state index in [9.17, 15) is 18.0 Å². The minimum absolute atomic E-state index is 0.144. The number of nitrogens with one attached hydrogen (secondary N) is 1. The van der Waals surface area contributed by atoms with Gasteiger partial charge >= 0.3 is 6.36 Å². The second kappa shape index (κ2) is 7.35. The lowest BCUT2D eigenvalue weighted by Gasteiger charge is -2.39. The fourth-order valence-electron chi connectivity index (χ4n) is 3.66. The Morgan fingerprint density at radius 2 is 1.89 bits per heavy atom. The van der Waals surface area contributed by atoms with Crippen molar-refractivity contribution < 1.29 is 27.4 Å². The molecular weight excluding hydrogens is 373 g/mol. The standard InChI is InChI=1S/C20H19F3N2O3/c21-20(22,23)28-17-10-4-2-8-15(17)18-24-16-9-3-1-7-14(16)19(26)25(18)12-13-6-5-11-27-13/h1-4,7-10,13,18,24H,5-6,11-12H2/t13-,18+/m0/s1. The zero-order valence-corrected chi connectivity index (χ0v) is 14.9. The largest absolute Gasteiger partial charge is 0.573 e. The maximum absolute atomic E-state index is 13.2. The molecule has 0 spiro atoms. The van der Waals surface area contributed by atoms with E-state index in [2.05, 4.69) is 10.1 Å². The highest BCUT2D eigenvalue weighted by Crippen LogP contribution is 2.38. The molecule has 2 aromatic rings. The SMILES string of the molecule is O=C1c2ccccc2N[C@@H](c2ccccc2OC(F)(F)F)N1C[C@@H]1CCCO1. The van der Waals surface area contributed by atoms with Crippen LogP contribution in [0.2, 0.25) is 0 Å². The third kappa shape index (κ3) is 3.77. The summed E-state index contributed by atoms with van der Waals surface area (Å²) in [5.74, 6) is -0.589. The summed E-state index contributed by atoms with van der Waals surface area (Å²) < 4.78 is 48.5. The second-order valence-corrected chi connectivity index (χ2v) is 6.77. The van der Waals surface area contributed by atoms with Gasteiger partial charge in [0, 0.05) is 24.4 Å². The maximum atomic E-state index is 13.2. The fraction of sp³-hybridized carbons (Fsp3) is 0.350. The van der Waals surface area contributed by atoms with E-state index >= 15 is 0 Å². The Bertz CT molecular complexity index is 866. The smallest absolute Gasteiger partial charge is 0.405 e. The van der Waals surface area contributed by atoms with Crippen LogP contribution in [0.3, 0.4) is 0 Å². The Hall–Kier alpha value is -2.74. The molecule has 1 saturated heterocycles. The van der Waals surface area contributed by atoms with Crippen LogP contribution in [0.5, 0.6) is 5.75 Å². The van der Waals surface area contributed by atoms with Crippen LogP contribution >= 0.6 is 0 Å². The summed E-state index contributed by atoms with van der Waals surface area (Å²) >= 11 is 0. The Balaban J connectivity index is 1.74. The van der Waals surface area contributed by atoms with E-state index in [1.165, 1.54) is 23.1 Å². The molecule has 0 aliphatic carbocycles. The lowest BCUT2D eigenvalue weighted by molar-refractivity contribution is -0.275. The molecule has 4 rings (SSSR count). The van der Waals surface area contributed by atoms with Crippen LogP contribution in [0, 0.1) is 0 Å². The van der Waals surface area contributed by atoms with Crippen LogP contribution in [0.4, 0.5) is 18.9 Å². The molecule has 148 valence electrons. The molecule has 0 bridgehead atoms. The number of para-hydroxylation sites is 2. The quantitative estimate of drug-likeness (QED) is 0.842. The molecular formula is C20H19F3N2O3. The van der Waals surface area contributed by atoms with Gasteiger partial charge in [-0.3, -0.25) is 4.79 Å². The number of hydrogen-bond acceptors (Lipinski definition) is 4. The van der Waals surface area contributed by atoms with Crippen molar-refractivity contribution in [2.45, 2.75) is 31.5 Å². The number of amides is 1. The summed E-state index contributed by atoms with van der Waals surface area (Å²) in [6, 6.07) is 12.8. The van der Waals surface area contributed by atoms with Crippen LogP contribution in [0.15, 0.2) is 48.5 Å². The lowest BCUT2D eigenvalue weighted by Crippen LogP contribution is -2.46. The average Bonchev–Trinajstić information content (AvgIpc) is 3.16. The summed E-state index contributed by atoms with van der Waals surface area (Å²) in [6.07, 6.45) is -4.07. The molecule has 0 aromatic heterocycles. The minimum atomic E-state index is -4.83. The normalized spacial score (nSPS) is 22.0. The molecule has 2 atom stereocenters. The Morgan fingerprint density at radius 3 is 2.64 bits per heavy atom. The van der Waals surface area contributed by atoms with E-state index < -0.39 is 12.5 Å². The van der Waals surface area contributed by atoms with Crippen LogP contribution in [0.1, 0.15) is 34.9 Å². The number of alkyl halides is 3. The molecule has 2 aromatic carbocycles. The molecule has 1 N–H and O–H groups in total. The molecule has 8 heteroatoms. The molecule has 1 fully saturated rings. The van der Waals surface area contributed by atoms with E-state index in [1.54, 1.807) is 30.3 Å². The number of anilines is 1. The first-order chi connectivity index (χ1) is 13.4. The molecule has 2 aliphatic heterocycles. The minimum Gasteiger partial charge on any atom is -0.405 e. The number of fused-ring (bicyclic) bond motifs is 1. The van der Waals surface area contributed by atoms with Crippen molar-refractivity contribution in [2.24, 2.45) is 0 Å². The number of benzene rings is 2. The molecule has 0 unspecified atom stereocenters.